The zero-order valence-electron chi connectivity index (χ0n) is 11.7. The molecule has 0 atom stereocenters. The number of carbonyl (C=O) groups is 1. The predicted molar refractivity (Wildman–Crippen MR) is 78.1 cm³/mol. The van der Waals surface area contributed by atoms with Crippen LogP contribution < -0.4 is 5.73 Å². The molecule has 1 aromatic heterocycles. The van der Waals surface area contributed by atoms with Crippen molar-refractivity contribution < 1.29 is 9.53 Å². The molecule has 0 aliphatic heterocycles. The quantitative estimate of drug-likeness (QED) is 0.876. The molecular formula is C15H18N4O2. The van der Waals surface area contributed by atoms with Gasteiger partial charge in [-0.3, -0.25) is 0 Å². The molecule has 0 radical (unpaired) electrons. The summed E-state index contributed by atoms with van der Waals surface area (Å²) in [5, 5.41) is 7.81. The number of nitrogen functional groups attached to an aromatic ring is 1. The molecule has 0 saturated heterocycles. The Hall–Kier alpha value is -2.37. The Labute approximate surface area is 122 Å². The molecule has 110 valence electrons. The van der Waals surface area contributed by atoms with Crippen molar-refractivity contribution in [2.45, 2.75) is 38.2 Å². The van der Waals surface area contributed by atoms with Crippen LogP contribution in [0.5, 0.6) is 0 Å². The number of aromatic nitrogens is 3. The summed E-state index contributed by atoms with van der Waals surface area (Å²) in [4.78, 5) is 12.2. The fourth-order valence-corrected chi connectivity index (χ4v) is 2.58. The predicted octanol–water partition coefficient (Wildman–Crippen LogP) is 2.34. The van der Waals surface area contributed by atoms with Crippen molar-refractivity contribution in [2.75, 3.05) is 5.73 Å². The molecule has 1 aromatic carbocycles. The van der Waals surface area contributed by atoms with E-state index in [9.17, 15) is 4.79 Å². The van der Waals surface area contributed by atoms with E-state index in [2.05, 4.69) is 10.3 Å². The molecule has 1 aliphatic carbocycles. The van der Waals surface area contributed by atoms with Crippen LogP contribution in [0.25, 0.3) is 5.69 Å². The first-order valence-electron chi connectivity index (χ1n) is 7.23. The maximum atomic E-state index is 12.2. The second-order valence-electron chi connectivity index (χ2n) is 5.24. The van der Waals surface area contributed by atoms with Gasteiger partial charge in [0.25, 0.3) is 0 Å². The third-order valence-electron chi connectivity index (χ3n) is 3.72. The molecule has 1 heterocycles. The SMILES string of the molecule is Nc1c(C(=O)OC2CCCCC2)nnn1-c1ccccc1. The van der Waals surface area contributed by atoms with Gasteiger partial charge >= 0.3 is 5.97 Å². The number of ether oxygens (including phenoxy) is 1. The largest absolute Gasteiger partial charge is 0.458 e. The number of anilines is 1. The molecular weight excluding hydrogens is 268 g/mol. The number of hydrogen-bond acceptors (Lipinski definition) is 5. The Kier molecular flexibility index (Phi) is 3.85. The van der Waals surface area contributed by atoms with E-state index in [1.54, 1.807) is 0 Å². The summed E-state index contributed by atoms with van der Waals surface area (Å²) in [6.07, 6.45) is 5.22. The van der Waals surface area contributed by atoms with Crippen LogP contribution in [0, 0.1) is 0 Å². The topological polar surface area (TPSA) is 83.0 Å². The van der Waals surface area contributed by atoms with E-state index in [1.165, 1.54) is 11.1 Å². The highest BCUT2D eigenvalue weighted by atomic mass is 16.5. The van der Waals surface area contributed by atoms with Crippen LogP contribution in [0.15, 0.2) is 30.3 Å². The second kappa shape index (κ2) is 5.95. The lowest BCUT2D eigenvalue weighted by molar-refractivity contribution is 0.0205. The number of hydrogen-bond donors (Lipinski definition) is 1. The van der Waals surface area contributed by atoms with Gasteiger partial charge in [0, 0.05) is 0 Å². The van der Waals surface area contributed by atoms with Crippen LogP contribution in [0.1, 0.15) is 42.6 Å². The molecule has 0 unspecified atom stereocenters. The van der Waals surface area contributed by atoms with Crippen molar-refractivity contribution >= 4 is 11.8 Å². The number of nitrogens with two attached hydrogens (primary N) is 1. The Morgan fingerprint density at radius 3 is 2.62 bits per heavy atom. The number of rotatable bonds is 3. The van der Waals surface area contributed by atoms with Gasteiger partial charge in [-0.25, -0.2) is 4.79 Å². The molecule has 6 heteroatoms. The fourth-order valence-electron chi connectivity index (χ4n) is 2.58. The molecule has 3 rings (SSSR count). The van der Waals surface area contributed by atoms with Gasteiger partial charge in [-0.1, -0.05) is 29.8 Å². The number of carbonyl (C=O) groups excluding carboxylic acids is 1. The number of nitrogens with zero attached hydrogens (tertiary/aromatic N) is 3. The molecule has 1 aliphatic rings. The monoisotopic (exact) mass is 286 g/mol. The van der Waals surface area contributed by atoms with Crippen LogP contribution in [-0.4, -0.2) is 27.1 Å². The van der Waals surface area contributed by atoms with E-state index in [0.29, 0.717) is 0 Å². The standard InChI is InChI=1S/C15H18N4O2/c16-14-13(15(20)21-12-9-5-2-6-10-12)17-18-19(14)11-7-3-1-4-8-11/h1,3-4,7-8,12H,2,5-6,9-10,16H2. The summed E-state index contributed by atoms with van der Waals surface area (Å²) in [6.45, 7) is 0. The van der Waals surface area contributed by atoms with Crippen molar-refractivity contribution in [3.63, 3.8) is 0 Å². The summed E-state index contributed by atoms with van der Waals surface area (Å²) >= 11 is 0. The zero-order valence-corrected chi connectivity index (χ0v) is 11.7. The molecule has 0 spiro atoms. The average Bonchev–Trinajstić information content (AvgIpc) is 2.91. The molecule has 2 N–H and O–H groups in total. The van der Waals surface area contributed by atoms with E-state index in [1.807, 2.05) is 30.3 Å². The highest BCUT2D eigenvalue weighted by Crippen LogP contribution is 2.22. The minimum absolute atomic E-state index is 0.0208. The van der Waals surface area contributed by atoms with Crippen molar-refractivity contribution in [3.8, 4) is 5.69 Å². The third kappa shape index (κ3) is 2.89. The van der Waals surface area contributed by atoms with Crippen LogP contribution in [0.2, 0.25) is 0 Å². The normalized spacial score (nSPS) is 15.8. The van der Waals surface area contributed by atoms with Gasteiger partial charge in [-0.15, -0.1) is 5.10 Å². The first kappa shape index (κ1) is 13.6. The summed E-state index contributed by atoms with van der Waals surface area (Å²) in [5.41, 5.74) is 6.83. The van der Waals surface area contributed by atoms with Crippen LogP contribution in [-0.2, 0) is 4.74 Å². The van der Waals surface area contributed by atoms with Gasteiger partial charge in [0.15, 0.2) is 5.82 Å². The summed E-state index contributed by atoms with van der Waals surface area (Å²) in [7, 11) is 0. The lowest BCUT2D eigenvalue weighted by Gasteiger charge is -2.21. The Bertz CT molecular complexity index is 618. The van der Waals surface area contributed by atoms with Crippen LogP contribution >= 0.6 is 0 Å². The van der Waals surface area contributed by atoms with Gasteiger partial charge in [-0.05, 0) is 37.8 Å². The summed E-state index contributed by atoms with van der Waals surface area (Å²) in [5.74, 6) is -0.274. The van der Waals surface area contributed by atoms with Gasteiger partial charge in [0.1, 0.15) is 6.10 Å². The summed E-state index contributed by atoms with van der Waals surface area (Å²) < 4.78 is 6.91. The maximum Gasteiger partial charge on any atom is 0.363 e. The summed E-state index contributed by atoms with van der Waals surface area (Å²) in [6, 6.07) is 9.34. The van der Waals surface area contributed by atoms with Gasteiger partial charge in [0.05, 0.1) is 5.69 Å². The Morgan fingerprint density at radius 2 is 1.90 bits per heavy atom. The fraction of sp³-hybridized carbons (Fsp3) is 0.400. The van der Waals surface area contributed by atoms with E-state index >= 15 is 0 Å². The van der Waals surface area contributed by atoms with Gasteiger partial charge < -0.3 is 10.5 Å². The van der Waals surface area contributed by atoms with E-state index < -0.39 is 5.97 Å². The lowest BCUT2D eigenvalue weighted by atomic mass is 9.98. The first-order chi connectivity index (χ1) is 10.3. The Morgan fingerprint density at radius 1 is 1.19 bits per heavy atom. The number of esters is 1. The smallest absolute Gasteiger partial charge is 0.363 e. The average molecular weight is 286 g/mol. The minimum atomic E-state index is -0.485. The molecule has 2 aromatic rings. The van der Waals surface area contributed by atoms with Crippen LogP contribution in [0.3, 0.4) is 0 Å². The van der Waals surface area contributed by atoms with Crippen molar-refractivity contribution in [1.82, 2.24) is 15.0 Å². The molecule has 1 saturated carbocycles. The first-order valence-corrected chi connectivity index (χ1v) is 7.23. The number of benzene rings is 1. The van der Waals surface area contributed by atoms with E-state index in [4.69, 9.17) is 10.5 Å². The Balaban J connectivity index is 1.77. The van der Waals surface area contributed by atoms with Crippen molar-refractivity contribution in [1.29, 1.82) is 0 Å². The highest BCUT2D eigenvalue weighted by molar-refractivity contribution is 5.92. The van der Waals surface area contributed by atoms with Crippen LogP contribution in [0.4, 0.5) is 5.82 Å². The molecule has 0 bridgehead atoms. The van der Waals surface area contributed by atoms with E-state index in [0.717, 1.165) is 31.4 Å². The van der Waals surface area contributed by atoms with E-state index in [-0.39, 0.29) is 17.6 Å². The highest BCUT2D eigenvalue weighted by Gasteiger charge is 2.24. The molecule has 0 amide bonds. The maximum absolute atomic E-state index is 12.2. The number of para-hydroxylation sites is 1. The lowest BCUT2D eigenvalue weighted by Crippen LogP contribution is -2.21. The molecule has 6 nitrogen and oxygen atoms in total. The minimum Gasteiger partial charge on any atom is -0.458 e. The molecule has 21 heavy (non-hydrogen) atoms. The zero-order chi connectivity index (χ0) is 14.7. The molecule has 1 fully saturated rings. The van der Waals surface area contributed by atoms with Gasteiger partial charge in [-0.2, -0.15) is 4.68 Å². The van der Waals surface area contributed by atoms with Gasteiger partial charge in [0.2, 0.25) is 5.69 Å². The second-order valence-corrected chi connectivity index (χ2v) is 5.24. The third-order valence-corrected chi connectivity index (χ3v) is 3.72. The van der Waals surface area contributed by atoms with Crippen molar-refractivity contribution in [2.24, 2.45) is 0 Å². The van der Waals surface area contributed by atoms with Crippen molar-refractivity contribution in [3.05, 3.63) is 36.0 Å².